The van der Waals surface area contributed by atoms with E-state index >= 15 is 0 Å². The third-order valence-electron chi connectivity index (χ3n) is 7.39. The Balaban J connectivity index is 1.25. The van der Waals surface area contributed by atoms with Gasteiger partial charge in [0.05, 0.1) is 34.5 Å². The molecule has 0 bridgehead atoms. The van der Waals surface area contributed by atoms with Crippen LogP contribution in [0.5, 0.6) is 5.75 Å². The van der Waals surface area contributed by atoms with E-state index in [1.54, 1.807) is 18.6 Å². The maximum atomic E-state index is 14.0. The van der Waals surface area contributed by atoms with Gasteiger partial charge in [-0.25, -0.2) is 9.37 Å². The van der Waals surface area contributed by atoms with Crippen molar-refractivity contribution in [2.45, 2.75) is 25.7 Å². The number of anilines is 1. The molecule has 1 fully saturated rings. The zero-order valence-corrected chi connectivity index (χ0v) is 21.3. The van der Waals surface area contributed by atoms with Crippen LogP contribution in [0.15, 0.2) is 67.1 Å². The van der Waals surface area contributed by atoms with E-state index in [4.69, 9.17) is 4.98 Å². The number of phenols is 1. The van der Waals surface area contributed by atoms with Crippen LogP contribution in [0.1, 0.15) is 25.7 Å². The number of pyridine rings is 3. The molecule has 4 N–H and O–H groups in total. The fraction of sp³-hybridized carbons (Fsp3) is 0.167. The lowest BCUT2D eigenvalue weighted by Gasteiger charge is -2.11. The first-order valence-corrected chi connectivity index (χ1v) is 13.1. The number of aromatic amines is 2. The van der Waals surface area contributed by atoms with Gasteiger partial charge in [0.15, 0.2) is 0 Å². The van der Waals surface area contributed by atoms with Crippen LogP contribution in [0, 0.1) is 11.7 Å². The van der Waals surface area contributed by atoms with Crippen LogP contribution in [-0.2, 0) is 4.79 Å². The number of nitrogens with one attached hydrogen (secondary N) is 3. The van der Waals surface area contributed by atoms with Gasteiger partial charge in [-0.05, 0) is 55.3 Å². The van der Waals surface area contributed by atoms with Crippen LogP contribution in [0.25, 0.3) is 55.8 Å². The van der Waals surface area contributed by atoms with E-state index in [1.165, 1.54) is 12.1 Å². The summed E-state index contributed by atoms with van der Waals surface area (Å²) in [5.41, 5.74) is 6.61. The number of hydrogen-bond donors (Lipinski definition) is 4. The summed E-state index contributed by atoms with van der Waals surface area (Å²) in [5, 5.41) is 21.2. The molecule has 5 heterocycles. The molecule has 10 heteroatoms. The van der Waals surface area contributed by atoms with E-state index in [2.05, 4.69) is 30.5 Å². The molecule has 0 unspecified atom stereocenters. The highest BCUT2D eigenvalue weighted by atomic mass is 19.1. The van der Waals surface area contributed by atoms with Gasteiger partial charge < -0.3 is 15.4 Å². The number of H-pyrrole nitrogens is 2. The van der Waals surface area contributed by atoms with E-state index in [0.717, 1.165) is 53.7 Å². The minimum absolute atomic E-state index is 0.0399. The molecule has 1 aliphatic carbocycles. The summed E-state index contributed by atoms with van der Waals surface area (Å²) >= 11 is 0. The van der Waals surface area contributed by atoms with E-state index in [1.807, 2.05) is 30.3 Å². The number of benzene rings is 1. The molecule has 0 aliphatic heterocycles. The standard InChI is InChI=1S/C30H24FN7O2/c31-19-9-17(11-21(39)12-19)27-22-13-26(35-24(22)7-8-33-27)29-28-25(37-38-29)6-5-23(36-28)18-10-20(15-32-14-18)34-30(40)16-3-1-2-4-16/h5-16,35,39H,1-4H2,(H,34,40)(H,37,38). The van der Waals surface area contributed by atoms with Crippen LogP contribution in [0.3, 0.4) is 0 Å². The Labute approximate surface area is 227 Å². The van der Waals surface area contributed by atoms with E-state index in [0.29, 0.717) is 39.5 Å². The maximum absolute atomic E-state index is 14.0. The van der Waals surface area contributed by atoms with Crippen LogP contribution in [0.2, 0.25) is 0 Å². The van der Waals surface area contributed by atoms with Crippen LogP contribution in [0.4, 0.5) is 10.1 Å². The lowest BCUT2D eigenvalue weighted by atomic mass is 10.1. The zero-order valence-electron chi connectivity index (χ0n) is 21.3. The molecule has 0 spiro atoms. The molecule has 1 aliphatic rings. The molecule has 9 nitrogen and oxygen atoms in total. The number of nitrogens with zero attached hydrogens (tertiary/aromatic N) is 4. The van der Waals surface area contributed by atoms with Crippen LogP contribution < -0.4 is 5.32 Å². The number of phenolic OH excluding ortho intramolecular Hbond substituents is 1. The summed E-state index contributed by atoms with van der Waals surface area (Å²) in [6, 6.07) is 13.3. The molecule has 1 saturated carbocycles. The quantitative estimate of drug-likeness (QED) is 0.208. The number of aromatic hydroxyl groups is 1. The average molecular weight is 534 g/mol. The molecular weight excluding hydrogens is 509 g/mol. The van der Waals surface area contributed by atoms with Crippen LogP contribution >= 0.6 is 0 Å². The Kier molecular flexibility index (Phi) is 5.73. The van der Waals surface area contributed by atoms with E-state index < -0.39 is 5.82 Å². The third kappa shape index (κ3) is 4.33. The second-order valence-corrected chi connectivity index (χ2v) is 10.1. The highest BCUT2D eigenvalue weighted by molar-refractivity contribution is 5.99. The van der Waals surface area contributed by atoms with Gasteiger partial charge in [0.2, 0.25) is 5.91 Å². The Morgan fingerprint density at radius 3 is 2.70 bits per heavy atom. The Hall–Kier alpha value is -5.12. The molecular formula is C30H24FN7O2. The van der Waals surface area contributed by atoms with Gasteiger partial charge in [0, 0.05) is 46.4 Å². The number of aromatic nitrogens is 6. The number of fused-ring (bicyclic) bond motifs is 2. The molecule has 1 amide bonds. The largest absolute Gasteiger partial charge is 0.508 e. The third-order valence-corrected chi connectivity index (χ3v) is 7.39. The summed E-state index contributed by atoms with van der Waals surface area (Å²) in [7, 11) is 0. The molecule has 1 aromatic carbocycles. The highest BCUT2D eigenvalue weighted by Crippen LogP contribution is 2.34. The second-order valence-electron chi connectivity index (χ2n) is 10.1. The Bertz CT molecular complexity index is 1890. The van der Waals surface area contributed by atoms with Crippen molar-refractivity contribution in [3.05, 3.63) is 72.9 Å². The fourth-order valence-corrected chi connectivity index (χ4v) is 5.45. The van der Waals surface area contributed by atoms with Gasteiger partial charge in [-0.3, -0.25) is 19.9 Å². The predicted octanol–water partition coefficient (Wildman–Crippen LogP) is 6.20. The first kappa shape index (κ1) is 24.0. The molecule has 0 radical (unpaired) electrons. The number of amides is 1. The molecule has 0 atom stereocenters. The Morgan fingerprint density at radius 1 is 0.975 bits per heavy atom. The van der Waals surface area contributed by atoms with Gasteiger partial charge in [-0.2, -0.15) is 5.10 Å². The normalized spacial score (nSPS) is 13.8. The summed E-state index contributed by atoms with van der Waals surface area (Å²) in [6.07, 6.45) is 9.03. The molecule has 7 rings (SSSR count). The lowest BCUT2D eigenvalue weighted by Crippen LogP contribution is -2.20. The number of carbonyl (C=O) groups is 1. The van der Waals surface area contributed by atoms with Crippen molar-refractivity contribution in [3.63, 3.8) is 0 Å². The zero-order chi connectivity index (χ0) is 27.2. The predicted molar refractivity (Wildman–Crippen MR) is 150 cm³/mol. The molecule has 0 saturated heterocycles. The fourth-order valence-electron chi connectivity index (χ4n) is 5.45. The molecule has 40 heavy (non-hydrogen) atoms. The minimum atomic E-state index is -0.545. The molecule has 5 aromatic heterocycles. The van der Waals surface area contributed by atoms with Gasteiger partial charge in [-0.15, -0.1) is 0 Å². The Morgan fingerprint density at radius 2 is 1.85 bits per heavy atom. The van der Waals surface area contributed by atoms with Gasteiger partial charge in [0.1, 0.15) is 22.8 Å². The molecule has 6 aromatic rings. The van der Waals surface area contributed by atoms with Crippen molar-refractivity contribution >= 4 is 33.5 Å². The van der Waals surface area contributed by atoms with Gasteiger partial charge in [0.25, 0.3) is 0 Å². The lowest BCUT2D eigenvalue weighted by molar-refractivity contribution is -0.119. The summed E-state index contributed by atoms with van der Waals surface area (Å²) in [5.74, 6) is -0.615. The smallest absolute Gasteiger partial charge is 0.227 e. The number of carbonyl (C=O) groups excluding carboxylic acids is 1. The van der Waals surface area contributed by atoms with Crippen molar-refractivity contribution in [1.82, 2.24) is 30.1 Å². The summed E-state index contributed by atoms with van der Waals surface area (Å²) in [6.45, 7) is 0. The van der Waals surface area contributed by atoms with Gasteiger partial charge in [-0.1, -0.05) is 12.8 Å². The minimum Gasteiger partial charge on any atom is -0.508 e. The van der Waals surface area contributed by atoms with Gasteiger partial charge >= 0.3 is 0 Å². The van der Waals surface area contributed by atoms with E-state index in [9.17, 15) is 14.3 Å². The van der Waals surface area contributed by atoms with Crippen molar-refractivity contribution in [3.8, 4) is 39.7 Å². The number of hydrogen-bond acceptors (Lipinski definition) is 6. The first-order chi connectivity index (χ1) is 19.5. The van der Waals surface area contributed by atoms with E-state index in [-0.39, 0.29) is 17.6 Å². The SMILES string of the molecule is O=C(Nc1cncc(-c2ccc3[nH]nc(-c4cc5c(-c6cc(O)cc(F)c6)nccc5[nH]4)c3n2)c1)C1CCCC1. The van der Waals surface area contributed by atoms with Crippen molar-refractivity contribution in [1.29, 1.82) is 0 Å². The molecule has 198 valence electrons. The highest BCUT2D eigenvalue weighted by Gasteiger charge is 2.23. The second kappa shape index (κ2) is 9.57. The number of halogens is 1. The van der Waals surface area contributed by atoms with Crippen molar-refractivity contribution in [2.75, 3.05) is 5.32 Å². The van der Waals surface area contributed by atoms with Crippen molar-refractivity contribution in [2.24, 2.45) is 5.92 Å². The first-order valence-electron chi connectivity index (χ1n) is 13.1. The monoisotopic (exact) mass is 533 g/mol. The summed E-state index contributed by atoms with van der Waals surface area (Å²) < 4.78 is 14.0. The van der Waals surface area contributed by atoms with Crippen LogP contribution in [-0.4, -0.2) is 41.1 Å². The average Bonchev–Trinajstić information content (AvgIpc) is 3.71. The maximum Gasteiger partial charge on any atom is 0.227 e. The number of rotatable bonds is 5. The summed E-state index contributed by atoms with van der Waals surface area (Å²) in [4.78, 5) is 29.7. The topological polar surface area (TPSA) is 132 Å². The van der Waals surface area contributed by atoms with Crippen molar-refractivity contribution < 1.29 is 14.3 Å².